The van der Waals surface area contributed by atoms with Gasteiger partial charge in [-0.15, -0.1) is 5.10 Å². The number of amides is 1. The average molecular weight is 269 g/mol. The molecule has 19 heavy (non-hydrogen) atoms. The van der Waals surface area contributed by atoms with E-state index >= 15 is 0 Å². The van der Waals surface area contributed by atoms with E-state index in [-0.39, 0.29) is 31.6 Å². The molecule has 2 unspecified atom stereocenters. The molecule has 0 spiro atoms. The lowest BCUT2D eigenvalue weighted by Crippen LogP contribution is -2.48. The molecular weight excluding hydrogens is 250 g/mol. The molecule has 1 aliphatic heterocycles. The van der Waals surface area contributed by atoms with Crippen molar-refractivity contribution in [1.82, 2.24) is 20.3 Å². The lowest BCUT2D eigenvalue weighted by Gasteiger charge is -2.26. The van der Waals surface area contributed by atoms with Crippen molar-refractivity contribution in [3.63, 3.8) is 0 Å². The molecule has 1 amide bonds. The minimum atomic E-state index is -0.986. The van der Waals surface area contributed by atoms with Gasteiger partial charge in [0.15, 0.2) is 0 Å². The van der Waals surface area contributed by atoms with Gasteiger partial charge in [-0.2, -0.15) is 0 Å². The number of hydrogen-bond donors (Lipinski definition) is 3. The first-order valence-electron chi connectivity index (χ1n) is 6.23. The SMILES string of the molecule is CC1OCCC1(O)CNC(=O)Cn1cc(CN)nn1. The standard InChI is InChI=1S/C11H19N5O3/c1-8-11(18,2-3-19-8)7-13-10(17)6-16-5-9(4-12)14-15-16/h5,8,18H,2-4,6-7,12H2,1H3,(H,13,17). The zero-order valence-electron chi connectivity index (χ0n) is 10.9. The molecule has 1 aromatic rings. The van der Waals surface area contributed by atoms with Crippen LogP contribution in [-0.2, 0) is 22.6 Å². The Bertz CT molecular complexity index is 449. The Morgan fingerprint density at radius 2 is 2.58 bits per heavy atom. The second kappa shape index (κ2) is 5.64. The van der Waals surface area contributed by atoms with Gasteiger partial charge in [-0.25, -0.2) is 4.68 Å². The summed E-state index contributed by atoms with van der Waals surface area (Å²) in [6.07, 6.45) is 1.87. The zero-order chi connectivity index (χ0) is 13.9. The summed E-state index contributed by atoms with van der Waals surface area (Å²) in [7, 11) is 0. The van der Waals surface area contributed by atoms with E-state index in [0.29, 0.717) is 18.7 Å². The summed E-state index contributed by atoms with van der Waals surface area (Å²) in [6.45, 7) is 2.82. The Kier molecular flexibility index (Phi) is 4.13. The van der Waals surface area contributed by atoms with Crippen molar-refractivity contribution in [2.24, 2.45) is 5.73 Å². The topological polar surface area (TPSA) is 115 Å². The largest absolute Gasteiger partial charge is 0.385 e. The first-order valence-corrected chi connectivity index (χ1v) is 6.23. The monoisotopic (exact) mass is 269 g/mol. The molecule has 4 N–H and O–H groups in total. The maximum Gasteiger partial charge on any atom is 0.241 e. The third-order valence-electron chi connectivity index (χ3n) is 3.35. The second-order valence-corrected chi connectivity index (χ2v) is 4.75. The number of ether oxygens (including phenoxy) is 1. The molecule has 106 valence electrons. The highest BCUT2D eigenvalue weighted by Crippen LogP contribution is 2.24. The summed E-state index contributed by atoms with van der Waals surface area (Å²) in [5, 5.41) is 20.5. The number of carbonyl (C=O) groups excluding carboxylic acids is 1. The summed E-state index contributed by atoms with van der Waals surface area (Å²) in [5.74, 6) is -0.235. The van der Waals surface area contributed by atoms with Crippen LogP contribution in [0.15, 0.2) is 6.20 Å². The molecule has 2 rings (SSSR count). The van der Waals surface area contributed by atoms with Crippen LogP contribution < -0.4 is 11.1 Å². The van der Waals surface area contributed by atoms with Gasteiger partial charge in [0, 0.05) is 26.1 Å². The minimum Gasteiger partial charge on any atom is -0.385 e. The summed E-state index contributed by atoms with van der Waals surface area (Å²) in [4.78, 5) is 11.7. The number of nitrogens with two attached hydrogens (primary N) is 1. The van der Waals surface area contributed by atoms with Crippen LogP contribution in [0, 0.1) is 0 Å². The van der Waals surface area contributed by atoms with Crippen molar-refractivity contribution in [3.05, 3.63) is 11.9 Å². The smallest absolute Gasteiger partial charge is 0.241 e. The number of nitrogens with zero attached hydrogens (tertiary/aromatic N) is 3. The van der Waals surface area contributed by atoms with E-state index in [1.54, 1.807) is 13.1 Å². The third kappa shape index (κ3) is 3.28. The van der Waals surface area contributed by atoms with Crippen molar-refractivity contribution in [3.8, 4) is 0 Å². The molecular formula is C11H19N5O3. The third-order valence-corrected chi connectivity index (χ3v) is 3.35. The molecule has 8 heteroatoms. The number of aromatic nitrogens is 3. The van der Waals surface area contributed by atoms with E-state index in [9.17, 15) is 9.90 Å². The number of rotatable bonds is 5. The van der Waals surface area contributed by atoms with Crippen LogP contribution in [0.2, 0.25) is 0 Å². The number of hydrogen-bond acceptors (Lipinski definition) is 6. The maximum atomic E-state index is 11.7. The van der Waals surface area contributed by atoms with Crippen LogP contribution in [0.5, 0.6) is 0 Å². The minimum absolute atomic E-state index is 0.0539. The molecule has 1 fully saturated rings. The van der Waals surface area contributed by atoms with E-state index in [1.165, 1.54) is 4.68 Å². The molecule has 0 radical (unpaired) electrons. The van der Waals surface area contributed by atoms with Gasteiger partial charge in [-0.3, -0.25) is 4.79 Å². The van der Waals surface area contributed by atoms with Gasteiger partial charge < -0.3 is 20.9 Å². The first kappa shape index (κ1) is 13.9. The Hall–Kier alpha value is -1.51. The van der Waals surface area contributed by atoms with Gasteiger partial charge in [0.25, 0.3) is 0 Å². The second-order valence-electron chi connectivity index (χ2n) is 4.75. The quantitative estimate of drug-likeness (QED) is 0.592. The predicted molar refractivity (Wildman–Crippen MR) is 65.9 cm³/mol. The molecule has 2 heterocycles. The van der Waals surface area contributed by atoms with Crippen molar-refractivity contribution >= 4 is 5.91 Å². The normalized spacial score (nSPS) is 26.6. The summed E-state index contributed by atoms with van der Waals surface area (Å²) in [6, 6.07) is 0. The zero-order valence-corrected chi connectivity index (χ0v) is 10.9. The fraction of sp³-hybridized carbons (Fsp3) is 0.727. The molecule has 0 bridgehead atoms. The van der Waals surface area contributed by atoms with E-state index in [1.807, 2.05) is 0 Å². The van der Waals surface area contributed by atoms with Gasteiger partial charge in [-0.1, -0.05) is 5.21 Å². The Morgan fingerprint density at radius 3 is 3.16 bits per heavy atom. The molecule has 0 aromatic carbocycles. The molecule has 0 aliphatic carbocycles. The predicted octanol–water partition coefficient (Wildman–Crippen LogP) is -1.61. The molecule has 1 aromatic heterocycles. The average Bonchev–Trinajstić information content (AvgIpc) is 2.96. The van der Waals surface area contributed by atoms with Crippen LogP contribution >= 0.6 is 0 Å². The summed E-state index contributed by atoms with van der Waals surface area (Å²) < 4.78 is 6.71. The highest BCUT2D eigenvalue weighted by Gasteiger charge is 2.39. The van der Waals surface area contributed by atoms with Crippen LogP contribution in [-0.4, -0.2) is 50.9 Å². The van der Waals surface area contributed by atoms with E-state index in [0.717, 1.165) is 0 Å². The lowest BCUT2D eigenvalue weighted by atomic mass is 9.97. The fourth-order valence-corrected chi connectivity index (χ4v) is 1.97. The van der Waals surface area contributed by atoms with Crippen LogP contribution in [0.1, 0.15) is 19.0 Å². The summed E-state index contributed by atoms with van der Waals surface area (Å²) >= 11 is 0. The number of aliphatic hydroxyl groups is 1. The van der Waals surface area contributed by atoms with Crippen molar-refractivity contribution in [1.29, 1.82) is 0 Å². The van der Waals surface area contributed by atoms with E-state index < -0.39 is 5.60 Å². The number of carbonyl (C=O) groups is 1. The Labute approximate surface area is 110 Å². The highest BCUT2D eigenvalue weighted by atomic mass is 16.5. The molecule has 1 saturated heterocycles. The number of nitrogens with one attached hydrogen (secondary N) is 1. The molecule has 8 nitrogen and oxygen atoms in total. The van der Waals surface area contributed by atoms with Crippen LogP contribution in [0.25, 0.3) is 0 Å². The highest BCUT2D eigenvalue weighted by molar-refractivity contribution is 5.75. The van der Waals surface area contributed by atoms with E-state index in [2.05, 4.69) is 15.6 Å². The van der Waals surface area contributed by atoms with Gasteiger partial charge >= 0.3 is 0 Å². The molecule has 2 atom stereocenters. The van der Waals surface area contributed by atoms with Crippen LogP contribution in [0.4, 0.5) is 0 Å². The van der Waals surface area contributed by atoms with Crippen molar-refractivity contribution < 1.29 is 14.6 Å². The van der Waals surface area contributed by atoms with Crippen molar-refractivity contribution in [2.75, 3.05) is 13.2 Å². The molecule has 1 aliphatic rings. The van der Waals surface area contributed by atoms with E-state index in [4.69, 9.17) is 10.5 Å². The fourth-order valence-electron chi connectivity index (χ4n) is 1.97. The van der Waals surface area contributed by atoms with Gasteiger partial charge in [0.05, 0.1) is 18.0 Å². The lowest BCUT2D eigenvalue weighted by molar-refractivity contribution is -0.123. The van der Waals surface area contributed by atoms with Gasteiger partial charge in [-0.05, 0) is 6.92 Å². The van der Waals surface area contributed by atoms with Crippen LogP contribution in [0.3, 0.4) is 0 Å². The Balaban J connectivity index is 1.81. The van der Waals surface area contributed by atoms with Gasteiger partial charge in [0.2, 0.25) is 5.91 Å². The Morgan fingerprint density at radius 1 is 1.79 bits per heavy atom. The summed E-state index contributed by atoms with van der Waals surface area (Å²) in [5.41, 5.74) is 5.05. The van der Waals surface area contributed by atoms with Crippen molar-refractivity contribution in [2.45, 2.75) is 38.1 Å². The molecule has 0 saturated carbocycles. The maximum absolute atomic E-state index is 11.7. The van der Waals surface area contributed by atoms with Gasteiger partial charge in [0.1, 0.15) is 12.1 Å². The first-order chi connectivity index (χ1) is 9.03.